The smallest absolute Gasteiger partial charge is 0.269 e. The van der Waals surface area contributed by atoms with Gasteiger partial charge in [-0.05, 0) is 63.9 Å². The summed E-state index contributed by atoms with van der Waals surface area (Å²) in [5.74, 6) is 1.28. The van der Waals surface area contributed by atoms with Crippen LogP contribution in [-0.2, 0) is 12.5 Å². The third kappa shape index (κ3) is 10.3. The van der Waals surface area contributed by atoms with Gasteiger partial charge in [0.25, 0.3) is 5.91 Å². The lowest BCUT2D eigenvalue weighted by Gasteiger charge is -2.31. The number of carbonyl (C=O) groups is 1. The van der Waals surface area contributed by atoms with Gasteiger partial charge in [0.05, 0.1) is 5.69 Å². The van der Waals surface area contributed by atoms with E-state index in [-0.39, 0.29) is 11.3 Å². The number of unbranched alkanes of at least 4 members (excludes halogenated alkanes) is 2. The first-order valence-corrected chi connectivity index (χ1v) is 12.9. The van der Waals surface area contributed by atoms with Crippen molar-refractivity contribution in [1.82, 2.24) is 25.3 Å². The second-order valence-electron chi connectivity index (χ2n) is 10.9. The van der Waals surface area contributed by atoms with Crippen LogP contribution in [0.5, 0.6) is 0 Å². The number of hydrogen-bond donors (Lipinski definition) is 2. The van der Waals surface area contributed by atoms with Gasteiger partial charge in [0, 0.05) is 31.1 Å². The number of nitrogens with one attached hydrogen (secondary N) is 2. The zero-order valence-corrected chi connectivity index (χ0v) is 22.8. The van der Waals surface area contributed by atoms with Crippen molar-refractivity contribution in [2.75, 3.05) is 32.7 Å². The van der Waals surface area contributed by atoms with Crippen LogP contribution in [0.3, 0.4) is 0 Å². The van der Waals surface area contributed by atoms with Crippen molar-refractivity contribution in [2.45, 2.75) is 86.0 Å². The minimum absolute atomic E-state index is 0.0355. The van der Waals surface area contributed by atoms with Crippen LogP contribution in [0.4, 0.5) is 0 Å². The summed E-state index contributed by atoms with van der Waals surface area (Å²) in [6.07, 6.45) is 8.62. The van der Waals surface area contributed by atoms with Gasteiger partial charge in [0.2, 0.25) is 0 Å². The number of aromatic nitrogens is 2. The average Bonchev–Trinajstić information content (AvgIpc) is 3.06. The minimum Gasteiger partial charge on any atom is -0.391 e. The first kappa shape index (κ1) is 29.2. The predicted molar refractivity (Wildman–Crippen MR) is 141 cm³/mol. The van der Waals surface area contributed by atoms with Gasteiger partial charge in [-0.3, -0.25) is 9.48 Å². The molecule has 0 saturated carbocycles. The Kier molecular flexibility index (Phi) is 12.8. The molecule has 1 saturated heterocycles. The molecule has 1 fully saturated rings. The SMILES string of the molecule is C=CNCC1CCN(CCCCC)CC1.Cc1c(C(C)(C)C)nn(C)c1C(=O)NCC(C)C. The van der Waals surface area contributed by atoms with Crippen LogP contribution in [0.25, 0.3) is 0 Å². The standard InChI is InChI=1S/C14H25N3O.C13H26N2/c1-9(2)8-15-13(18)11-10(3)12(14(4,5)6)16-17(11)7;1-3-5-6-9-15-10-7-13(8-11-15)12-14-4-2/h9H,8H2,1-7H3,(H,15,18);4,13-14H,2-3,5-12H2,1H3. The highest BCUT2D eigenvalue weighted by Gasteiger charge is 2.26. The number of rotatable bonds is 10. The molecule has 1 aromatic rings. The third-order valence-electron chi connectivity index (χ3n) is 6.22. The Balaban J connectivity index is 0.000000335. The van der Waals surface area contributed by atoms with Crippen molar-refractivity contribution < 1.29 is 4.79 Å². The van der Waals surface area contributed by atoms with Crippen molar-refractivity contribution in [1.29, 1.82) is 0 Å². The normalized spacial score (nSPS) is 15.2. The highest BCUT2D eigenvalue weighted by atomic mass is 16.2. The molecule has 6 nitrogen and oxygen atoms in total. The zero-order valence-electron chi connectivity index (χ0n) is 22.8. The topological polar surface area (TPSA) is 62.2 Å². The Labute approximate surface area is 203 Å². The molecule has 2 heterocycles. The molecule has 2 N–H and O–H groups in total. The summed E-state index contributed by atoms with van der Waals surface area (Å²) in [6.45, 7) is 24.1. The molecule has 6 heteroatoms. The zero-order chi connectivity index (χ0) is 25.0. The summed E-state index contributed by atoms with van der Waals surface area (Å²) in [5.41, 5.74) is 2.59. The highest BCUT2D eigenvalue weighted by Crippen LogP contribution is 2.26. The van der Waals surface area contributed by atoms with Crippen molar-refractivity contribution in [3.63, 3.8) is 0 Å². The highest BCUT2D eigenvalue weighted by molar-refractivity contribution is 5.94. The van der Waals surface area contributed by atoms with E-state index >= 15 is 0 Å². The number of amides is 1. The van der Waals surface area contributed by atoms with Gasteiger partial charge in [-0.25, -0.2) is 0 Å². The second kappa shape index (κ2) is 14.4. The number of piperidine rings is 1. The van der Waals surface area contributed by atoms with E-state index in [9.17, 15) is 4.79 Å². The Morgan fingerprint density at radius 3 is 2.36 bits per heavy atom. The molecular weight excluding hydrogens is 410 g/mol. The molecule has 1 aliphatic rings. The van der Waals surface area contributed by atoms with Crippen LogP contribution in [0.2, 0.25) is 0 Å². The Bertz CT molecular complexity index is 709. The van der Waals surface area contributed by atoms with E-state index in [1.54, 1.807) is 4.68 Å². The van der Waals surface area contributed by atoms with E-state index in [1.165, 1.54) is 51.7 Å². The maximum Gasteiger partial charge on any atom is 0.269 e. The Hall–Kier alpha value is -1.82. The molecule has 0 bridgehead atoms. The summed E-state index contributed by atoms with van der Waals surface area (Å²) >= 11 is 0. The van der Waals surface area contributed by atoms with Gasteiger partial charge in [-0.2, -0.15) is 5.10 Å². The van der Waals surface area contributed by atoms with Crippen LogP contribution in [0.1, 0.15) is 95.4 Å². The largest absolute Gasteiger partial charge is 0.391 e. The Morgan fingerprint density at radius 2 is 1.88 bits per heavy atom. The van der Waals surface area contributed by atoms with Gasteiger partial charge >= 0.3 is 0 Å². The molecule has 1 amide bonds. The van der Waals surface area contributed by atoms with Crippen LogP contribution in [0.15, 0.2) is 12.8 Å². The van der Waals surface area contributed by atoms with Gasteiger partial charge in [-0.15, -0.1) is 0 Å². The van der Waals surface area contributed by atoms with Crippen LogP contribution in [-0.4, -0.2) is 53.3 Å². The van der Waals surface area contributed by atoms with E-state index in [2.05, 4.69) is 68.8 Å². The van der Waals surface area contributed by atoms with Gasteiger partial charge in [0.1, 0.15) is 5.69 Å². The maximum absolute atomic E-state index is 12.2. The van der Waals surface area contributed by atoms with Crippen LogP contribution >= 0.6 is 0 Å². The molecule has 2 rings (SSSR count). The molecule has 0 unspecified atom stereocenters. The quantitative estimate of drug-likeness (QED) is 0.480. The monoisotopic (exact) mass is 461 g/mol. The molecule has 0 spiro atoms. The number of hydrogen-bond acceptors (Lipinski definition) is 4. The fourth-order valence-corrected chi connectivity index (χ4v) is 4.29. The van der Waals surface area contributed by atoms with E-state index in [4.69, 9.17) is 0 Å². The summed E-state index contributed by atoms with van der Waals surface area (Å²) in [7, 11) is 1.83. The van der Waals surface area contributed by atoms with Crippen molar-refractivity contribution in [3.8, 4) is 0 Å². The fourth-order valence-electron chi connectivity index (χ4n) is 4.29. The van der Waals surface area contributed by atoms with E-state index in [1.807, 2.05) is 20.2 Å². The van der Waals surface area contributed by atoms with E-state index in [0.717, 1.165) is 23.7 Å². The lowest BCUT2D eigenvalue weighted by atomic mass is 9.89. The molecule has 0 aromatic carbocycles. The van der Waals surface area contributed by atoms with Crippen LogP contribution in [0, 0.1) is 18.8 Å². The first-order chi connectivity index (χ1) is 15.5. The summed E-state index contributed by atoms with van der Waals surface area (Å²) in [4.78, 5) is 14.8. The molecular formula is C27H51N5O. The number of nitrogens with zero attached hydrogens (tertiary/aromatic N) is 3. The van der Waals surface area contributed by atoms with Gasteiger partial charge < -0.3 is 15.5 Å². The minimum atomic E-state index is -0.0432. The van der Waals surface area contributed by atoms with Crippen molar-refractivity contribution in [3.05, 3.63) is 29.7 Å². The predicted octanol–water partition coefficient (Wildman–Crippen LogP) is 5.03. The lowest BCUT2D eigenvalue weighted by Crippen LogP contribution is -2.37. The van der Waals surface area contributed by atoms with E-state index < -0.39 is 0 Å². The Morgan fingerprint density at radius 1 is 1.24 bits per heavy atom. The average molecular weight is 462 g/mol. The summed E-state index contributed by atoms with van der Waals surface area (Å²) in [6, 6.07) is 0. The van der Waals surface area contributed by atoms with Gasteiger partial charge in [-0.1, -0.05) is 61.0 Å². The molecule has 0 radical (unpaired) electrons. The molecule has 1 aromatic heterocycles. The second-order valence-corrected chi connectivity index (χ2v) is 10.9. The molecule has 0 atom stereocenters. The first-order valence-electron chi connectivity index (χ1n) is 12.9. The number of likely N-dealkylation sites (tertiary alicyclic amines) is 1. The summed E-state index contributed by atoms with van der Waals surface area (Å²) < 4.78 is 1.69. The molecule has 0 aliphatic carbocycles. The van der Waals surface area contributed by atoms with Crippen molar-refractivity contribution >= 4 is 5.91 Å². The fraction of sp³-hybridized carbons (Fsp3) is 0.778. The maximum atomic E-state index is 12.2. The van der Waals surface area contributed by atoms with Crippen LogP contribution < -0.4 is 10.6 Å². The van der Waals surface area contributed by atoms with E-state index in [0.29, 0.717) is 18.2 Å². The summed E-state index contributed by atoms with van der Waals surface area (Å²) in [5, 5.41) is 10.7. The molecule has 33 heavy (non-hydrogen) atoms. The number of aryl methyl sites for hydroxylation is 1. The lowest BCUT2D eigenvalue weighted by molar-refractivity contribution is 0.0939. The number of carbonyl (C=O) groups excluding carboxylic acids is 1. The third-order valence-corrected chi connectivity index (χ3v) is 6.22. The molecule has 1 aliphatic heterocycles. The van der Waals surface area contributed by atoms with Gasteiger partial charge in [0.15, 0.2) is 0 Å². The van der Waals surface area contributed by atoms with Crippen molar-refractivity contribution in [2.24, 2.45) is 18.9 Å². The molecule has 190 valence electrons.